The van der Waals surface area contributed by atoms with Crippen LogP contribution >= 0.6 is 0 Å². The lowest BCUT2D eigenvalue weighted by Gasteiger charge is -2.29. The van der Waals surface area contributed by atoms with Gasteiger partial charge in [0.2, 0.25) is 0 Å². The maximum absolute atomic E-state index is 12.2. The van der Waals surface area contributed by atoms with Crippen LogP contribution in [0.2, 0.25) is 0 Å². The largest absolute Gasteiger partial charge is 0.508 e. The summed E-state index contributed by atoms with van der Waals surface area (Å²) in [5, 5.41) is 21.2. The number of aryl methyl sites for hydroxylation is 1. The van der Waals surface area contributed by atoms with Gasteiger partial charge in [-0.2, -0.15) is 0 Å². The van der Waals surface area contributed by atoms with E-state index in [9.17, 15) is 19.8 Å². The first-order valence-corrected chi connectivity index (χ1v) is 8.32. The Morgan fingerprint density at radius 2 is 1.88 bits per heavy atom. The molecule has 1 rings (SSSR count). The molecule has 0 aliphatic carbocycles. The minimum atomic E-state index is -1.75. The molecule has 24 heavy (non-hydrogen) atoms. The number of phenols is 1. The first-order chi connectivity index (χ1) is 11.1. The molecule has 134 valence electrons. The van der Waals surface area contributed by atoms with Crippen molar-refractivity contribution in [1.82, 2.24) is 0 Å². The lowest BCUT2D eigenvalue weighted by molar-refractivity contribution is -0.159. The molecule has 2 unspecified atom stereocenters. The lowest BCUT2D eigenvalue weighted by Crippen LogP contribution is -2.37. The van der Waals surface area contributed by atoms with Gasteiger partial charge in [0.15, 0.2) is 0 Å². The van der Waals surface area contributed by atoms with Gasteiger partial charge in [0.1, 0.15) is 23.7 Å². The Balaban J connectivity index is 3.11. The van der Waals surface area contributed by atoms with Crippen LogP contribution in [0.1, 0.15) is 51.7 Å². The Bertz CT molecular complexity index is 593. The number of rotatable bonds is 8. The van der Waals surface area contributed by atoms with Gasteiger partial charge in [-0.25, -0.2) is 0 Å². The molecule has 0 amide bonds. The molecule has 2 atom stereocenters. The summed E-state index contributed by atoms with van der Waals surface area (Å²) in [5.74, 6) is -1.28. The number of hydrogen-bond acceptors (Lipinski definition) is 5. The van der Waals surface area contributed by atoms with Crippen molar-refractivity contribution in [3.8, 4) is 5.75 Å². The zero-order valence-corrected chi connectivity index (χ0v) is 15.1. The van der Waals surface area contributed by atoms with Crippen LogP contribution in [0.15, 0.2) is 18.2 Å². The number of aliphatic hydroxyl groups is 1. The van der Waals surface area contributed by atoms with Gasteiger partial charge in [-0.05, 0) is 25.0 Å². The van der Waals surface area contributed by atoms with Crippen LogP contribution in [-0.4, -0.2) is 28.6 Å². The predicted octanol–water partition coefficient (Wildman–Crippen LogP) is 3.09. The maximum Gasteiger partial charge on any atom is 0.308 e. The van der Waals surface area contributed by atoms with E-state index < -0.39 is 11.6 Å². The molecule has 0 spiro atoms. The monoisotopic (exact) mass is 336 g/mol. The fraction of sp³-hybridized carbons (Fsp3) is 0.579. The van der Waals surface area contributed by atoms with Crippen molar-refractivity contribution in [2.24, 2.45) is 11.8 Å². The van der Waals surface area contributed by atoms with E-state index in [0.717, 1.165) is 5.56 Å². The van der Waals surface area contributed by atoms with Gasteiger partial charge in [-0.1, -0.05) is 39.8 Å². The highest BCUT2D eigenvalue weighted by atomic mass is 16.5. The SMILES string of the molecule is CCC(C)C(=O)OCC(O)(CC(=O)C(C)C)c1ccc(C)cc1O. The summed E-state index contributed by atoms with van der Waals surface area (Å²) in [7, 11) is 0. The lowest BCUT2D eigenvalue weighted by atomic mass is 9.85. The van der Waals surface area contributed by atoms with Crippen molar-refractivity contribution in [2.75, 3.05) is 6.61 Å². The molecule has 5 nitrogen and oxygen atoms in total. The highest BCUT2D eigenvalue weighted by Crippen LogP contribution is 2.34. The molecule has 0 saturated heterocycles. The van der Waals surface area contributed by atoms with Gasteiger partial charge < -0.3 is 14.9 Å². The third-order valence-electron chi connectivity index (χ3n) is 4.23. The number of carbonyl (C=O) groups is 2. The Morgan fingerprint density at radius 3 is 2.38 bits per heavy atom. The zero-order valence-electron chi connectivity index (χ0n) is 15.1. The summed E-state index contributed by atoms with van der Waals surface area (Å²) in [4.78, 5) is 24.1. The van der Waals surface area contributed by atoms with Crippen molar-refractivity contribution >= 4 is 11.8 Å². The van der Waals surface area contributed by atoms with E-state index in [0.29, 0.717) is 6.42 Å². The Kier molecular flexibility index (Phi) is 6.96. The predicted molar refractivity (Wildman–Crippen MR) is 91.6 cm³/mol. The van der Waals surface area contributed by atoms with E-state index in [2.05, 4.69) is 0 Å². The van der Waals surface area contributed by atoms with E-state index in [4.69, 9.17) is 4.74 Å². The summed E-state index contributed by atoms with van der Waals surface area (Å²) < 4.78 is 5.23. The van der Waals surface area contributed by atoms with E-state index in [-0.39, 0.29) is 42.0 Å². The van der Waals surface area contributed by atoms with Crippen molar-refractivity contribution in [3.63, 3.8) is 0 Å². The fourth-order valence-electron chi connectivity index (χ4n) is 2.25. The molecular weight excluding hydrogens is 308 g/mol. The third-order valence-corrected chi connectivity index (χ3v) is 4.23. The standard InChI is InChI=1S/C19H28O5/c1-6-14(5)18(22)24-11-19(23,10-17(21)12(2)3)15-8-7-13(4)9-16(15)20/h7-9,12,14,20,23H,6,10-11H2,1-5H3. The zero-order chi connectivity index (χ0) is 18.5. The summed E-state index contributed by atoms with van der Waals surface area (Å²) >= 11 is 0. The smallest absolute Gasteiger partial charge is 0.308 e. The first-order valence-electron chi connectivity index (χ1n) is 8.32. The van der Waals surface area contributed by atoms with Gasteiger partial charge in [0, 0.05) is 17.9 Å². The summed E-state index contributed by atoms with van der Waals surface area (Å²) in [6.07, 6.45) is 0.396. The summed E-state index contributed by atoms with van der Waals surface area (Å²) in [6, 6.07) is 4.81. The molecule has 5 heteroatoms. The van der Waals surface area contributed by atoms with Crippen LogP contribution in [0.5, 0.6) is 5.75 Å². The number of phenolic OH excluding ortho intramolecular Hbond substituents is 1. The van der Waals surface area contributed by atoms with E-state index >= 15 is 0 Å². The van der Waals surface area contributed by atoms with Crippen LogP contribution in [0.4, 0.5) is 0 Å². The normalized spacial score (nSPS) is 15.0. The fourth-order valence-corrected chi connectivity index (χ4v) is 2.25. The average Bonchev–Trinajstić information content (AvgIpc) is 2.51. The highest BCUT2D eigenvalue weighted by molar-refractivity contribution is 5.81. The number of aromatic hydroxyl groups is 1. The maximum atomic E-state index is 12.2. The van der Waals surface area contributed by atoms with Crippen LogP contribution in [-0.2, 0) is 19.9 Å². The first kappa shape index (κ1) is 20.2. The third kappa shape index (κ3) is 5.06. The second-order valence-electron chi connectivity index (χ2n) is 6.77. The van der Waals surface area contributed by atoms with Gasteiger partial charge in [-0.3, -0.25) is 9.59 Å². The molecule has 0 radical (unpaired) electrons. The Hall–Kier alpha value is -1.88. The molecule has 0 aromatic heterocycles. The molecule has 0 aliphatic heterocycles. The van der Waals surface area contributed by atoms with Gasteiger partial charge in [0.05, 0.1) is 5.92 Å². The average molecular weight is 336 g/mol. The second kappa shape index (κ2) is 8.29. The minimum absolute atomic E-state index is 0.117. The van der Waals surface area contributed by atoms with E-state index in [1.807, 2.05) is 13.8 Å². The number of esters is 1. The van der Waals surface area contributed by atoms with E-state index in [1.54, 1.807) is 32.9 Å². The van der Waals surface area contributed by atoms with Gasteiger partial charge >= 0.3 is 5.97 Å². The highest BCUT2D eigenvalue weighted by Gasteiger charge is 2.37. The van der Waals surface area contributed by atoms with Crippen LogP contribution in [0, 0.1) is 18.8 Å². The summed E-state index contributed by atoms with van der Waals surface area (Å²) in [6.45, 7) is 8.53. The van der Waals surface area contributed by atoms with Crippen molar-refractivity contribution in [1.29, 1.82) is 0 Å². The number of hydrogen-bond donors (Lipinski definition) is 2. The quantitative estimate of drug-likeness (QED) is 0.713. The molecule has 1 aromatic rings. The molecule has 0 saturated carbocycles. The molecule has 0 bridgehead atoms. The minimum Gasteiger partial charge on any atom is -0.508 e. The number of carbonyl (C=O) groups excluding carboxylic acids is 2. The van der Waals surface area contributed by atoms with Crippen molar-refractivity contribution in [3.05, 3.63) is 29.3 Å². The number of Topliss-reactive ketones (excluding diaryl/α,β-unsaturated/α-hetero) is 1. The molecule has 0 aliphatic rings. The molecule has 0 fully saturated rings. The molecule has 0 heterocycles. The summed E-state index contributed by atoms with van der Waals surface area (Å²) in [5.41, 5.74) is -0.730. The molecule has 1 aromatic carbocycles. The van der Waals surface area contributed by atoms with Crippen LogP contribution in [0.25, 0.3) is 0 Å². The number of ether oxygens (including phenoxy) is 1. The Morgan fingerprint density at radius 1 is 1.25 bits per heavy atom. The number of benzene rings is 1. The van der Waals surface area contributed by atoms with Crippen molar-refractivity contribution in [2.45, 2.75) is 53.1 Å². The molecular formula is C19H28O5. The van der Waals surface area contributed by atoms with E-state index in [1.165, 1.54) is 6.07 Å². The number of ketones is 1. The van der Waals surface area contributed by atoms with Crippen LogP contribution < -0.4 is 0 Å². The topological polar surface area (TPSA) is 83.8 Å². The van der Waals surface area contributed by atoms with Crippen LogP contribution in [0.3, 0.4) is 0 Å². The molecule has 2 N–H and O–H groups in total. The second-order valence-corrected chi connectivity index (χ2v) is 6.77. The van der Waals surface area contributed by atoms with Crippen molar-refractivity contribution < 1.29 is 24.5 Å². The van der Waals surface area contributed by atoms with Gasteiger partial charge in [0.25, 0.3) is 0 Å². The van der Waals surface area contributed by atoms with Gasteiger partial charge in [-0.15, -0.1) is 0 Å². The Labute approximate surface area is 143 Å².